The second-order valence-electron chi connectivity index (χ2n) is 6.09. The van der Waals surface area contributed by atoms with Crippen molar-refractivity contribution >= 4 is 6.29 Å². The first-order chi connectivity index (χ1) is 14.0. The normalized spacial score (nSPS) is 11.2. The minimum absolute atomic E-state index is 0.109. The molecule has 0 unspecified atom stereocenters. The molecule has 0 aliphatic rings. The Morgan fingerprint density at radius 3 is 2.45 bits per heavy atom. The van der Waals surface area contributed by atoms with Gasteiger partial charge in [0.05, 0.1) is 12.7 Å². The van der Waals surface area contributed by atoms with Crippen LogP contribution < -0.4 is 0 Å². The number of carbonyl (C=O) groups excluding carboxylic acids is 1. The summed E-state index contributed by atoms with van der Waals surface area (Å²) in [6.07, 6.45) is -0.497. The largest absolute Gasteiger partial charge is 0.415 e. The predicted molar refractivity (Wildman–Crippen MR) is 94.6 cm³/mol. The van der Waals surface area contributed by atoms with Crippen molar-refractivity contribution in [3.8, 4) is 22.7 Å². The molecule has 2 aromatic heterocycles. The van der Waals surface area contributed by atoms with Crippen molar-refractivity contribution in [3.63, 3.8) is 0 Å². The highest BCUT2D eigenvalue weighted by molar-refractivity contribution is 5.76. The molecular formula is C19H12F3N5O2. The summed E-state index contributed by atoms with van der Waals surface area (Å²) in [5.74, 6) is -1.58. The van der Waals surface area contributed by atoms with Crippen LogP contribution in [0.4, 0.5) is 13.2 Å². The molecule has 0 fully saturated rings. The second-order valence-corrected chi connectivity index (χ2v) is 6.09. The number of hydrogen-bond acceptors (Lipinski definition) is 6. The molecular weight excluding hydrogens is 387 g/mol. The zero-order chi connectivity index (χ0) is 20.4. The first-order valence-corrected chi connectivity index (χ1v) is 8.39. The maximum absolute atomic E-state index is 14.5. The van der Waals surface area contributed by atoms with Crippen molar-refractivity contribution < 1.29 is 22.4 Å². The van der Waals surface area contributed by atoms with Crippen LogP contribution in [0.3, 0.4) is 0 Å². The van der Waals surface area contributed by atoms with Gasteiger partial charge in [0.1, 0.15) is 17.8 Å². The first kappa shape index (κ1) is 18.5. The first-order valence-electron chi connectivity index (χ1n) is 8.39. The third-order valence-electron chi connectivity index (χ3n) is 4.14. The van der Waals surface area contributed by atoms with Crippen molar-refractivity contribution in [2.24, 2.45) is 0 Å². The van der Waals surface area contributed by atoms with Crippen molar-refractivity contribution in [3.05, 3.63) is 71.5 Å². The fourth-order valence-electron chi connectivity index (χ4n) is 2.66. The quantitative estimate of drug-likeness (QED) is 0.457. The smallest absolute Gasteiger partial charge is 0.314 e. The number of nitrogens with zero attached hydrogens (tertiary/aromatic N) is 5. The van der Waals surface area contributed by atoms with E-state index in [0.29, 0.717) is 16.8 Å². The molecule has 10 heteroatoms. The van der Waals surface area contributed by atoms with Crippen molar-refractivity contribution in [1.82, 2.24) is 25.2 Å². The highest BCUT2D eigenvalue weighted by atomic mass is 19.3. The molecule has 0 aliphatic heterocycles. The average molecular weight is 399 g/mol. The van der Waals surface area contributed by atoms with Crippen molar-refractivity contribution in [2.45, 2.75) is 13.0 Å². The SMILES string of the molecule is O=Cc1ccc(-c2cn(Cc3ccc(-c4nnc(C(F)F)o4)cc3F)nn2)cc1. The summed E-state index contributed by atoms with van der Waals surface area (Å²) >= 11 is 0. The molecule has 2 aromatic carbocycles. The fourth-order valence-corrected chi connectivity index (χ4v) is 2.66. The van der Waals surface area contributed by atoms with Gasteiger partial charge in [-0.3, -0.25) is 4.79 Å². The molecule has 0 atom stereocenters. The monoisotopic (exact) mass is 399 g/mol. The molecule has 146 valence electrons. The second kappa shape index (κ2) is 7.66. The zero-order valence-corrected chi connectivity index (χ0v) is 14.7. The highest BCUT2D eigenvalue weighted by Gasteiger charge is 2.18. The maximum Gasteiger partial charge on any atom is 0.314 e. The summed E-state index contributed by atoms with van der Waals surface area (Å²) in [7, 11) is 0. The topological polar surface area (TPSA) is 86.7 Å². The van der Waals surface area contributed by atoms with Crippen LogP contribution in [0, 0.1) is 5.82 Å². The van der Waals surface area contributed by atoms with Gasteiger partial charge in [-0.05, 0) is 12.1 Å². The molecule has 0 bridgehead atoms. The van der Waals surface area contributed by atoms with Crippen LogP contribution in [-0.4, -0.2) is 31.5 Å². The van der Waals surface area contributed by atoms with Crippen LogP contribution in [-0.2, 0) is 6.54 Å². The number of alkyl halides is 2. The van der Waals surface area contributed by atoms with E-state index in [0.717, 1.165) is 17.9 Å². The molecule has 29 heavy (non-hydrogen) atoms. The number of benzene rings is 2. The van der Waals surface area contributed by atoms with Crippen LogP contribution in [0.2, 0.25) is 0 Å². The van der Waals surface area contributed by atoms with Gasteiger partial charge < -0.3 is 4.42 Å². The van der Waals surface area contributed by atoms with E-state index in [2.05, 4.69) is 20.5 Å². The summed E-state index contributed by atoms with van der Waals surface area (Å²) in [6.45, 7) is 0.109. The van der Waals surface area contributed by atoms with E-state index in [9.17, 15) is 18.0 Å². The lowest BCUT2D eigenvalue weighted by Crippen LogP contribution is -2.03. The Hall–Kier alpha value is -3.82. The van der Waals surface area contributed by atoms with E-state index >= 15 is 0 Å². The Bertz CT molecular complexity index is 1150. The van der Waals surface area contributed by atoms with E-state index in [1.807, 2.05) is 0 Å². The number of hydrogen-bond donors (Lipinski definition) is 0. The number of carbonyl (C=O) groups is 1. The standard InChI is InChI=1S/C19H12F3N5O2/c20-15-7-13(18-24-25-19(29-18)17(21)22)5-6-14(15)8-27-9-16(23-26-27)12-3-1-11(10-28)2-4-12/h1-7,9-10,17H,8H2. The third-order valence-corrected chi connectivity index (χ3v) is 4.14. The molecule has 0 aliphatic carbocycles. The predicted octanol–water partition coefficient (Wildman–Crippen LogP) is 3.93. The number of rotatable bonds is 6. The Morgan fingerprint density at radius 1 is 1.03 bits per heavy atom. The van der Waals surface area contributed by atoms with E-state index in [1.165, 1.54) is 16.8 Å². The molecule has 0 saturated heterocycles. The Kier molecular flexibility index (Phi) is 4.90. The van der Waals surface area contributed by atoms with Crippen molar-refractivity contribution in [1.29, 1.82) is 0 Å². The van der Waals surface area contributed by atoms with E-state index in [-0.39, 0.29) is 18.0 Å². The molecule has 2 heterocycles. The molecule has 4 aromatic rings. The molecule has 0 N–H and O–H groups in total. The minimum Gasteiger partial charge on any atom is -0.415 e. The van der Waals surface area contributed by atoms with Crippen LogP contribution >= 0.6 is 0 Å². The van der Waals surface area contributed by atoms with E-state index < -0.39 is 18.1 Å². The third kappa shape index (κ3) is 3.91. The van der Waals surface area contributed by atoms with Gasteiger partial charge in [0.25, 0.3) is 5.89 Å². The number of aromatic nitrogens is 5. The summed E-state index contributed by atoms with van der Waals surface area (Å²) in [5.41, 5.74) is 2.40. The van der Waals surface area contributed by atoms with Gasteiger partial charge in [-0.2, -0.15) is 8.78 Å². The van der Waals surface area contributed by atoms with Gasteiger partial charge >= 0.3 is 6.43 Å². The van der Waals surface area contributed by atoms with Crippen LogP contribution in [0.1, 0.15) is 28.2 Å². The lowest BCUT2D eigenvalue weighted by molar-refractivity contribution is 0.112. The molecule has 0 saturated carbocycles. The number of aldehydes is 1. The summed E-state index contributed by atoms with van der Waals surface area (Å²) < 4.78 is 45.8. The van der Waals surface area contributed by atoms with Crippen molar-refractivity contribution in [2.75, 3.05) is 0 Å². The summed E-state index contributed by atoms with van der Waals surface area (Å²) in [4.78, 5) is 10.7. The summed E-state index contributed by atoms with van der Waals surface area (Å²) in [5, 5.41) is 14.8. The molecule has 0 amide bonds. The van der Waals surface area contributed by atoms with Gasteiger partial charge in [-0.25, -0.2) is 9.07 Å². The van der Waals surface area contributed by atoms with Gasteiger partial charge in [0.15, 0.2) is 0 Å². The van der Waals surface area contributed by atoms with Gasteiger partial charge in [0.2, 0.25) is 5.89 Å². The Balaban J connectivity index is 1.52. The van der Waals surface area contributed by atoms with E-state index in [1.54, 1.807) is 30.5 Å². The lowest BCUT2D eigenvalue weighted by atomic mass is 10.1. The van der Waals surface area contributed by atoms with Crippen LogP contribution in [0.25, 0.3) is 22.7 Å². The number of halogens is 3. The fraction of sp³-hybridized carbons (Fsp3) is 0.105. The van der Waals surface area contributed by atoms with Gasteiger partial charge in [0, 0.05) is 22.3 Å². The van der Waals surface area contributed by atoms with E-state index in [4.69, 9.17) is 4.42 Å². The minimum atomic E-state index is -2.89. The molecule has 0 spiro atoms. The maximum atomic E-state index is 14.5. The Labute approximate surface area is 161 Å². The molecule has 7 nitrogen and oxygen atoms in total. The summed E-state index contributed by atoms with van der Waals surface area (Å²) in [6, 6.07) is 10.9. The zero-order valence-electron chi connectivity index (χ0n) is 14.7. The lowest BCUT2D eigenvalue weighted by Gasteiger charge is -2.04. The average Bonchev–Trinajstić information content (AvgIpc) is 3.40. The molecule has 0 radical (unpaired) electrons. The van der Waals surface area contributed by atoms with Gasteiger partial charge in [-0.15, -0.1) is 15.3 Å². The van der Waals surface area contributed by atoms with Crippen LogP contribution in [0.15, 0.2) is 53.1 Å². The van der Waals surface area contributed by atoms with Gasteiger partial charge in [-0.1, -0.05) is 35.5 Å². The van der Waals surface area contributed by atoms with Crippen LogP contribution in [0.5, 0.6) is 0 Å². The highest BCUT2D eigenvalue weighted by Crippen LogP contribution is 2.25. The Morgan fingerprint density at radius 2 is 1.79 bits per heavy atom. The molecule has 4 rings (SSSR count).